The number of benzene rings is 1. The molecule has 0 saturated heterocycles. The standard InChI is InChI=1S/C12H12ClN3O/c1-7-6-10(12(17)16-15-7)11(14)8-2-4-9(13)5-3-8/h2-6,11H,14H2,1H3,(H,16,17). The number of H-pyrrole nitrogens is 1. The molecule has 1 atom stereocenters. The van der Waals surface area contributed by atoms with Gasteiger partial charge in [0.15, 0.2) is 0 Å². The van der Waals surface area contributed by atoms with Crippen LogP contribution in [0.1, 0.15) is 22.9 Å². The van der Waals surface area contributed by atoms with E-state index in [1.54, 1.807) is 25.1 Å². The summed E-state index contributed by atoms with van der Waals surface area (Å²) in [7, 11) is 0. The number of hydrogen-bond acceptors (Lipinski definition) is 3. The lowest BCUT2D eigenvalue weighted by Gasteiger charge is -2.11. The minimum absolute atomic E-state index is 0.266. The van der Waals surface area contributed by atoms with Crippen molar-refractivity contribution in [3.63, 3.8) is 0 Å². The fourth-order valence-corrected chi connectivity index (χ4v) is 1.73. The van der Waals surface area contributed by atoms with E-state index in [1.807, 2.05) is 12.1 Å². The van der Waals surface area contributed by atoms with E-state index >= 15 is 0 Å². The number of rotatable bonds is 2. The van der Waals surface area contributed by atoms with Gasteiger partial charge in [-0.05, 0) is 30.7 Å². The van der Waals surface area contributed by atoms with Gasteiger partial charge in [-0.15, -0.1) is 0 Å². The second-order valence-corrected chi connectivity index (χ2v) is 4.26. The fourth-order valence-electron chi connectivity index (χ4n) is 1.61. The number of aromatic amines is 1. The maximum Gasteiger partial charge on any atom is 0.269 e. The van der Waals surface area contributed by atoms with E-state index in [9.17, 15) is 4.79 Å². The van der Waals surface area contributed by atoms with Gasteiger partial charge in [-0.1, -0.05) is 23.7 Å². The average Bonchev–Trinajstić information content (AvgIpc) is 2.32. The summed E-state index contributed by atoms with van der Waals surface area (Å²) in [6.07, 6.45) is 0. The molecule has 3 N–H and O–H groups in total. The Balaban J connectivity index is 2.43. The molecule has 2 aromatic rings. The summed E-state index contributed by atoms with van der Waals surface area (Å²) in [5, 5.41) is 6.87. The molecule has 0 aliphatic rings. The van der Waals surface area contributed by atoms with Gasteiger partial charge in [-0.3, -0.25) is 4.79 Å². The minimum atomic E-state index is -0.474. The van der Waals surface area contributed by atoms with Crippen LogP contribution in [0.5, 0.6) is 0 Å². The van der Waals surface area contributed by atoms with Crippen LogP contribution in [-0.2, 0) is 0 Å². The molecular formula is C12H12ClN3O. The molecule has 4 nitrogen and oxygen atoms in total. The highest BCUT2D eigenvalue weighted by Crippen LogP contribution is 2.18. The maximum absolute atomic E-state index is 11.6. The lowest BCUT2D eigenvalue weighted by molar-refractivity contribution is 0.814. The lowest BCUT2D eigenvalue weighted by atomic mass is 10.0. The highest BCUT2D eigenvalue weighted by molar-refractivity contribution is 6.30. The maximum atomic E-state index is 11.6. The normalized spacial score (nSPS) is 12.4. The summed E-state index contributed by atoms with van der Waals surface area (Å²) in [5.41, 5.74) is 7.84. The molecule has 0 bridgehead atoms. The topological polar surface area (TPSA) is 71.8 Å². The SMILES string of the molecule is Cc1cc(C(N)c2ccc(Cl)cc2)c(=O)[nH]n1. The van der Waals surface area contributed by atoms with Crippen molar-refractivity contribution in [2.75, 3.05) is 0 Å². The molecule has 0 aliphatic carbocycles. The summed E-state index contributed by atoms with van der Waals surface area (Å²) < 4.78 is 0. The quantitative estimate of drug-likeness (QED) is 0.852. The second-order valence-electron chi connectivity index (χ2n) is 3.82. The van der Waals surface area contributed by atoms with Crippen LogP contribution in [0.4, 0.5) is 0 Å². The first-order chi connectivity index (χ1) is 8.08. The number of nitrogens with two attached hydrogens (primary N) is 1. The molecule has 1 aromatic heterocycles. The van der Waals surface area contributed by atoms with Crippen molar-refractivity contribution >= 4 is 11.6 Å². The van der Waals surface area contributed by atoms with Crippen molar-refractivity contribution in [3.8, 4) is 0 Å². The molecule has 1 aromatic carbocycles. The summed E-state index contributed by atoms with van der Waals surface area (Å²) >= 11 is 5.80. The summed E-state index contributed by atoms with van der Waals surface area (Å²) in [4.78, 5) is 11.6. The fraction of sp³-hybridized carbons (Fsp3) is 0.167. The zero-order valence-electron chi connectivity index (χ0n) is 9.27. The minimum Gasteiger partial charge on any atom is -0.320 e. The Kier molecular flexibility index (Phi) is 3.26. The van der Waals surface area contributed by atoms with E-state index in [1.165, 1.54) is 0 Å². The number of aromatic nitrogens is 2. The predicted molar refractivity (Wildman–Crippen MR) is 67.1 cm³/mol. The van der Waals surface area contributed by atoms with Crippen LogP contribution in [-0.4, -0.2) is 10.2 Å². The van der Waals surface area contributed by atoms with E-state index in [2.05, 4.69) is 10.2 Å². The van der Waals surface area contributed by atoms with Crippen molar-refractivity contribution in [1.82, 2.24) is 10.2 Å². The number of nitrogens with one attached hydrogen (secondary N) is 1. The average molecular weight is 250 g/mol. The van der Waals surface area contributed by atoms with Crippen LogP contribution in [0.25, 0.3) is 0 Å². The van der Waals surface area contributed by atoms with Crippen LogP contribution in [0.2, 0.25) is 5.02 Å². The zero-order valence-corrected chi connectivity index (χ0v) is 10.0. The molecule has 2 rings (SSSR count). The molecule has 0 aliphatic heterocycles. The van der Waals surface area contributed by atoms with Gasteiger partial charge in [-0.2, -0.15) is 5.10 Å². The number of nitrogens with zero attached hydrogens (tertiary/aromatic N) is 1. The van der Waals surface area contributed by atoms with Gasteiger partial charge in [0, 0.05) is 10.6 Å². The predicted octanol–water partition coefficient (Wildman–Crippen LogP) is 1.78. The van der Waals surface area contributed by atoms with Crippen molar-refractivity contribution in [3.05, 3.63) is 62.5 Å². The molecule has 0 amide bonds. The molecule has 1 unspecified atom stereocenters. The van der Waals surface area contributed by atoms with E-state index in [0.29, 0.717) is 10.6 Å². The van der Waals surface area contributed by atoms with Crippen LogP contribution < -0.4 is 11.3 Å². The molecule has 0 radical (unpaired) electrons. The van der Waals surface area contributed by atoms with Gasteiger partial charge in [0.2, 0.25) is 0 Å². The third kappa shape index (κ3) is 2.54. The van der Waals surface area contributed by atoms with Gasteiger partial charge in [0.25, 0.3) is 5.56 Å². The Morgan fingerprint density at radius 2 is 2.00 bits per heavy atom. The van der Waals surface area contributed by atoms with E-state index in [-0.39, 0.29) is 5.56 Å². The molecule has 0 spiro atoms. The van der Waals surface area contributed by atoms with E-state index in [4.69, 9.17) is 17.3 Å². The van der Waals surface area contributed by atoms with Crippen molar-refractivity contribution in [2.45, 2.75) is 13.0 Å². The van der Waals surface area contributed by atoms with Gasteiger partial charge in [0.05, 0.1) is 11.7 Å². The van der Waals surface area contributed by atoms with Crippen molar-refractivity contribution in [1.29, 1.82) is 0 Å². The Morgan fingerprint density at radius 1 is 1.35 bits per heavy atom. The van der Waals surface area contributed by atoms with Crippen molar-refractivity contribution in [2.24, 2.45) is 5.73 Å². The first-order valence-corrected chi connectivity index (χ1v) is 5.53. The van der Waals surface area contributed by atoms with Crippen LogP contribution in [0.15, 0.2) is 35.1 Å². The van der Waals surface area contributed by atoms with Gasteiger partial charge >= 0.3 is 0 Å². The van der Waals surface area contributed by atoms with Gasteiger partial charge in [-0.25, -0.2) is 5.10 Å². The Bertz CT molecular complexity index is 577. The third-order valence-electron chi connectivity index (χ3n) is 2.52. The monoisotopic (exact) mass is 249 g/mol. The molecule has 17 heavy (non-hydrogen) atoms. The number of aryl methyl sites for hydroxylation is 1. The van der Waals surface area contributed by atoms with Crippen molar-refractivity contribution < 1.29 is 0 Å². The lowest BCUT2D eigenvalue weighted by Crippen LogP contribution is -2.23. The smallest absolute Gasteiger partial charge is 0.269 e. The van der Waals surface area contributed by atoms with Crippen LogP contribution >= 0.6 is 11.6 Å². The molecule has 5 heteroatoms. The largest absolute Gasteiger partial charge is 0.320 e. The first kappa shape index (κ1) is 11.8. The number of hydrogen-bond donors (Lipinski definition) is 2. The molecule has 0 fully saturated rings. The number of halogens is 1. The van der Waals surface area contributed by atoms with E-state index in [0.717, 1.165) is 11.3 Å². The summed E-state index contributed by atoms with van der Waals surface area (Å²) in [6.45, 7) is 1.80. The Morgan fingerprint density at radius 3 is 2.65 bits per heavy atom. The van der Waals surface area contributed by atoms with Gasteiger partial charge in [0.1, 0.15) is 0 Å². The molecule has 0 saturated carbocycles. The Hall–Kier alpha value is -1.65. The highest BCUT2D eigenvalue weighted by Gasteiger charge is 2.13. The second kappa shape index (κ2) is 4.69. The highest BCUT2D eigenvalue weighted by atomic mass is 35.5. The molecule has 88 valence electrons. The molecule has 1 heterocycles. The summed E-state index contributed by atoms with van der Waals surface area (Å²) in [5.74, 6) is 0. The Labute approximate surface area is 103 Å². The first-order valence-electron chi connectivity index (χ1n) is 5.15. The van der Waals surface area contributed by atoms with Gasteiger partial charge < -0.3 is 5.73 Å². The van der Waals surface area contributed by atoms with Crippen LogP contribution in [0, 0.1) is 6.92 Å². The third-order valence-corrected chi connectivity index (χ3v) is 2.78. The van der Waals surface area contributed by atoms with E-state index < -0.39 is 6.04 Å². The summed E-state index contributed by atoms with van der Waals surface area (Å²) in [6, 6.07) is 8.33. The van der Waals surface area contributed by atoms with Crippen LogP contribution in [0.3, 0.4) is 0 Å². The molecular weight excluding hydrogens is 238 g/mol. The zero-order chi connectivity index (χ0) is 12.4.